The van der Waals surface area contributed by atoms with Gasteiger partial charge in [-0.05, 0) is 56.3 Å². The molecule has 2 aromatic heterocycles. The second kappa shape index (κ2) is 6.61. The van der Waals surface area contributed by atoms with E-state index in [1.54, 1.807) is 12.3 Å². The van der Waals surface area contributed by atoms with Crippen molar-refractivity contribution in [2.45, 2.75) is 13.8 Å². The van der Waals surface area contributed by atoms with E-state index in [1.165, 1.54) is 32.9 Å². The lowest BCUT2D eigenvalue weighted by Crippen LogP contribution is -1.98. The normalized spacial score (nSPS) is 11.1. The van der Waals surface area contributed by atoms with Crippen LogP contribution in [0.1, 0.15) is 11.1 Å². The molecule has 0 aliphatic rings. The number of hydrogen-bond acceptors (Lipinski definition) is 1. The number of para-hydroxylation sites is 1. The van der Waals surface area contributed by atoms with Gasteiger partial charge in [0.05, 0.1) is 29.0 Å². The number of aryl methyl sites for hydroxylation is 2. The van der Waals surface area contributed by atoms with Crippen LogP contribution < -0.4 is 0 Å². The molecule has 2 heterocycles. The van der Waals surface area contributed by atoms with Gasteiger partial charge in [-0.25, -0.2) is 4.85 Å². The van der Waals surface area contributed by atoms with Gasteiger partial charge in [0.2, 0.25) is 0 Å². The van der Waals surface area contributed by atoms with E-state index in [4.69, 9.17) is 6.57 Å². The van der Waals surface area contributed by atoms with E-state index in [-0.39, 0.29) is 0 Å². The minimum absolute atomic E-state index is 0.596. The summed E-state index contributed by atoms with van der Waals surface area (Å²) in [5, 5.41) is 2.50. The monoisotopic (exact) mass is 373 g/mol. The Bertz CT molecular complexity index is 1370. The number of pyridine rings is 1. The molecule has 0 aliphatic heterocycles. The summed E-state index contributed by atoms with van der Waals surface area (Å²) in [6.45, 7) is 11.6. The first-order valence-electron chi connectivity index (χ1n) is 9.60. The first-order valence-corrected chi connectivity index (χ1v) is 9.60. The molecule has 0 aliphatic carbocycles. The zero-order valence-corrected chi connectivity index (χ0v) is 16.3. The molecule has 0 atom stereocenters. The van der Waals surface area contributed by atoms with Crippen molar-refractivity contribution in [1.29, 1.82) is 0 Å². The van der Waals surface area contributed by atoms with Gasteiger partial charge >= 0.3 is 0 Å². The average molecular weight is 373 g/mol. The van der Waals surface area contributed by atoms with E-state index < -0.39 is 0 Å². The van der Waals surface area contributed by atoms with Crippen LogP contribution in [0.5, 0.6) is 0 Å². The van der Waals surface area contributed by atoms with Crippen LogP contribution in [0.3, 0.4) is 0 Å². The molecule has 5 rings (SSSR count). The lowest BCUT2D eigenvalue weighted by atomic mass is 10.1. The molecule has 3 nitrogen and oxygen atoms in total. The Balaban J connectivity index is 1.89. The van der Waals surface area contributed by atoms with Crippen molar-refractivity contribution in [2.24, 2.45) is 0 Å². The van der Waals surface area contributed by atoms with Gasteiger partial charge in [0.1, 0.15) is 0 Å². The van der Waals surface area contributed by atoms with Crippen LogP contribution in [0.4, 0.5) is 5.69 Å². The fraction of sp³-hybridized carbons (Fsp3) is 0.0769. The Morgan fingerprint density at radius 1 is 0.793 bits per heavy atom. The fourth-order valence-electron chi connectivity index (χ4n) is 4.03. The first-order chi connectivity index (χ1) is 14.2. The van der Waals surface area contributed by atoms with Crippen LogP contribution in [0.15, 0.2) is 79.0 Å². The van der Waals surface area contributed by atoms with E-state index in [0.29, 0.717) is 5.69 Å². The van der Waals surface area contributed by atoms with Crippen molar-refractivity contribution in [2.75, 3.05) is 0 Å². The molecule has 0 saturated carbocycles. The summed E-state index contributed by atoms with van der Waals surface area (Å²) in [7, 11) is 0. The van der Waals surface area contributed by atoms with E-state index in [9.17, 15) is 0 Å². The van der Waals surface area contributed by atoms with Crippen LogP contribution in [0.2, 0.25) is 0 Å². The van der Waals surface area contributed by atoms with E-state index >= 15 is 0 Å². The quantitative estimate of drug-likeness (QED) is 0.305. The molecule has 3 heteroatoms. The van der Waals surface area contributed by atoms with Crippen molar-refractivity contribution in [1.82, 2.24) is 9.55 Å². The molecule has 0 bridgehead atoms. The first kappa shape index (κ1) is 17.2. The molecule has 138 valence electrons. The van der Waals surface area contributed by atoms with E-state index in [0.717, 1.165) is 16.9 Å². The Morgan fingerprint density at radius 3 is 2.10 bits per heavy atom. The highest BCUT2D eigenvalue weighted by atomic mass is 15.0. The van der Waals surface area contributed by atoms with E-state index in [2.05, 4.69) is 82.8 Å². The molecule has 0 N–H and O–H groups in total. The van der Waals surface area contributed by atoms with Crippen molar-refractivity contribution in [3.05, 3.63) is 102 Å². The zero-order chi connectivity index (χ0) is 20.0. The Labute approximate surface area is 169 Å². The number of aromatic nitrogens is 2. The van der Waals surface area contributed by atoms with Crippen LogP contribution in [0.25, 0.3) is 43.6 Å². The third kappa shape index (κ3) is 2.78. The lowest BCUT2D eigenvalue weighted by Gasteiger charge is -2.13. The molecule has 0 amide bonds. The van der Waals surface area contributed by atoms with Crippen molar-refractivity contribution >= 4 is 27.5 Å². The van der Waals surface area contributed by atoms with Crippen LogP contribution in [-0.2, 0) is 0 Å². The number of hydrogen-bond donors (Lipinski definition) is 0. The minimum atomic E-state index is 0.596. The van der Waals surface area contributed by atoms with Gasteiger partial charge in [-0.3, -0.25) is 4.98 Å². The van der Waals surface area contributed by atoms with Crippen LogP contribution in [0, 0.1) is 20.4 Å². The lowest BCUT2D eigenvalue weighted by molar-refractivity contribution is 1.17. The molecular weight excluding hydrogens is 354 g/mol. The second-order valence-electron chi connectivity index (χ2n) is 7.40. The standard InChI is InChI=1S/C26H19N3/c1-17-8-10-25-21(14-17)22-15-18(2)9-11-26(22)29(25)24-7-5-4-6-20(24)23-16-19(27-3)12-13-28-23/h4-16H,1-2H3. The second-order valence-corrected chi connectivity index (χ2v) is 7.40. The Morgan fingerprint density at radius 2 is 1.45 bits per heavy atom. The Hall–Kier alpha value is -3.90. The summed E-state index contributed by atoms with van der Waals surface area (Å²) in [5.74, 6) is 0. The summed E-state index contributed by atoms with van der Waals surface area (Å²) in [6, 6.07) is 25.1. The molecular formula is C26H19N3. The molecule has 5 aromatic rings. The van der Waals surface area contributed by atoms with Crippen LogP contribution in [-0.4, -0.2) is 9.55 Å². The maximum absolute atomic E-state index is 7.34. The predicted molar refractivity (Wildman–Crippen MR) is 120 cm³/mol. The summed E-state index contributed by atoms with van der Waals surface area (Å²) in [4.78, 5) is 8.13. The van der Waals surface area contributed by atoms with Crippen molar-refractivity contribution in [3.63, 3.8) is 0 Å². The van der Waals surface area contributed by atoms with E-state index in [1.807, 2.05) is 12.1 Å². The Kier molecular flexibility index (Phi) is 3.93. The SMILES string of the molecule is [C-]#[N+]c1ccnc(-c2ccccc2-n2c3ccc(C)cc3c3cc(C)ccc32)c1. The molecule has 3 aromatic carbocycles. The smallest absolute Gasteiger partial charge is 0.190 e. The largest absolute Gasteiger partial charge is 0.309 e. The molecule has 0 fully saturated rings. The molecule has 0 saturated heterocycles. The third-order valence-electron chi connectivity index (χ3n) is 5.37. The summed E-state index contributed by atoms with van der Waals surface area (Å²) < 4.78 is 2.31. The van der Waals surface area contributed by atoms with Gasteiger partial charge < -0.3 is 4.57 Å². The highest BCUT2D eigenvalue weighted by Gasteiger charge is 2.16. The van der Waals surface area contributed by atoms with Gasteiger partial charge in [0.25, 0.3) is 0 Å². The summed E-state index contributed by atoms with van der Waals surface area (Å²) in [6.07, 6.45) is 1.71. The maximum atomic E-state index is 7.34. The molecule has 29 heavy (non-hydrogen) atoms. The van der Waals surface area contributed by atoms with Gasteiger partial charge in [0, 0.05) is 22.5 Å². The summed E-state index contributed by atoms with van der Waals surface area (Å²) >= 11 is 0. The van der Waals surface area contributed by atoms with Gasteiger partial charge in [0.15, 0.2) is 5.69 Å². The maximum Gasteiger partial charge on any atom is 0.190 e. The van der Waals surface area contributed by atoms with Gasteiger partial charge in [-0.1, -0.05) is 41.5 Å². The zero-order valence-electron chi connectivity index (χ0n) is 16.3. The van der Waals surface area contributed by atoms with Gasteiger partial charge in [-0.2, -0.15) is 0 Å². The van der Waals surface area contributed by atoms with Gasteiger partial charge in [-0.15, -0.1) is 0 Å². The molecule has 0 unspecified atom stereocenters. The highest BCUT2D eigenvalue weighted by molar-refractivity contribution is 6.10. The highest BCUT2D eigenvalue weighted by Crippen LogP contribution is 2.36. The summed E-state index contributed by atoms with van der Waals surface area (Å²) in [5.41, 5.74) is 8.32. The average Bonchev–Trinajstić information content (AvgIpc) is 3.06. The minimum Gasteiger partial charge on any atom is -0.309 e. The number of benzene rings is 3. The number of rotatable bonds is 2. The predicted octanol–water partition coefficient (Wildman–Crippen LogP) is 7.01. The topological polar surface area (TPSA) is 22.2 Å². The molecule has 0 spiro atoms. The van der Waals surface area contributed by atoms with Crippen molar-refractivity contribution < 1.29 is 0 Å². The third-order valence-corrected chi connectivity index (χ3v) is 5.37. The molecule has 0 radical (unpaired) electrons. The van der Waals surface area contributed by atoms with Crippen LogP contribution >= 0.6 is 0 Å². The fourth-order valence-corrected chi connectivity index (χ4v) is 4.03. The number of nitrogens with zero attached hydrogens (tertiary/aromatic N) is 3. The number of fused-ring (bicyclic) bond motifs is 3. The van der Waals surface area contributed by atoms with Crippen molar-refractivity contribution in [3.8, 4) is 16.9 Å².